The lowest BCUT2D eigenvalue weighted by molar-refractivity contribution is 0.0827. The first-order valence-electron chi connectivity index (χ1n) is 9.26. The number of hydrogen-bond acceptors (Lipinski definition) is 4. The van der Waals surface area contributed by atoms with E-state index in [9.17, 15) is 14.0 Å². The third-order valence-electron chi connectivity index (χ3n) is 4.42. The molecule has 3 aromatic carbocycles. The number of carbonyl (C=O) groups is 2. The van der Waals surface area contributed by atoms with Crippen LogP contribution in [-0.4, -0.2) is 30.8 Å². The Morgan fingerprint density at radius 1 is 0.933 bits per heavy atom. The van der Waals surface area contributed by atoms with E-state index < -0.39 is 11.7 Å². The van der Waals surface area contributed by atoms with E-state index in [1.165, 1.54) is 22.9 Å². The van der Waals surface area contributed by atoms with Crippen LogP contribution in [0.25, 0.3) is 11.1 Å². The number of aryl methyl sites for hydroxylation is 1. The summed E-state index contributed by atoms with van der Waals surface area (Å²) >= 11 is 1.22. The van der Waals surface area contributed by atoms with Gasteiger partial charge in [0.2, 0.25) is 0 Å². The molecule has 0 aliphatic carbocycles. The number of hydrazine groups is 1. The number of nitrogens with zero attached hydrogens (tertiary/aromatic N) is 1. The zero-order valence-electron chi connectivity index (χ0n) is 16.9. The van der Waals surface area contributed by atoms with Crippen molar-refractivity contribution in [3.05, 3.63) is 89.2 Å². The summed E-state index contributed by atoms with van der Waals surface area (Å²) in [5.74, 6) is -1.29. The minimum atomic E-state index is -0.582. The second-order valence-corrected chi connectivity index (χ2v) is 7.79. The summed E-state index contributed by atoms with van der Waals surface area (Å²) in [6.07, 6.45) is 0. The maximum absolute atomic E-state index is 14.7. The normalized spacial score (nSPS) is 10.5. The van der Waals surface area contributed by atoms with E-state index in [4.69, 9.17) is 0 Å². The number of hydrogen-bond donors (Lipinski definition) is 2. The van der Waals surface area contributed by atoms with Gasteiger partial charge in [0, 0.05) is 24.6 Å². The Hall–Kier alpha value is -3.16. The van der Waals surface area contributed by atoms with Gasteiger partial charge in [0.05, 0.1) is 5.56 Å². The zero-order chi connectivity index (χ0) is 21.7. The SMILES string of the molecule is Cc1cc(-c2cccc(C(=O)N(C)C)c2)cc(C(=O)NNSc2ccccc2)c1F. The minimum absolute atomic E-state index is 0.0736. The van der Waals surface area contributed by atoms with E-state index in [0.717, 1.165) is 10.5 Å². The quantitative estimate of drug-likeness (QED) is 0.454. The molecular weight excluding hydrogens is 401 g/mol. The summed E-state index contributed by atoms with van der Waals surface area (Å²) in [5.41, 5.74) is 4.69. The summed E-state index contributed by atoms with van der Waals surface area (Å²) in [6.45, 7) is 1.61. The van der Waals surface area contributed by atoms with Gasteiger partial charge in [-0.1, -0.05) is 30.3 Å². The van der Waals surface area contributed by atoms with Crippen molar-refractivity contribution in [1.29, 1.82) is 0 Å². The van der Waals surface area contributed by atoms with Crippen LogP contribution in [-0.2, 0) is 0 Å². The molecule has 2 N–H and O–H groups in total. The monoisotopic (exact) mass is 423 g/mol. The lowest BCUT2D eigenvalue weighted by Crippen LogP contribution is -2.33. The van der Waals surface area contributed by atoms with Crippen LogP contribution >= 0.6 is 11.9 Å². The number of rotatable bonds is 6. The van der Waals surface area contributed by atoms with Crippen LogP contribution in [0.1, 0.15) is 26.3 Å². The van der Waals surface area contributed by atoms with Gasteiger partial charge >= 0.3 is 0 Å². The van der Waals surface area contributed by atoms with E-state index in [1.807, 2.05) is 36.4 Å². The minimum Gasteiger partial charge on any atom is -0.345 e. The molecule has 0 fully saturated rings. The molecule has 0 spiro atoms. The molecule has 0 saturated heterocycles. The zero-order valence-corrected chi connectivity index (χ0v) is 17.7. The van der Waals surface area contributed by atoms with Crippen molar-refractivity contribution in [3.63, 3.8) is 0 Å². The maximum Gasteiger partial charge on any atom is 0.269 e. The molecule has 0 bridgehead atoms. The predicted octanol–water partition coefficient (Wildman–Crippen LogP) is 4.44. The van der Waals surface area contributed by atoms with Crippen molar-refractivity contribution in [1.82, 2.24) is 15.2 Å². The first kappa shape index (κ1) is 21.5. The molecule has 0 saturated carbocycles. The summed E-state index contributed by atoms with van der Waals surface area (Å²) in [6, 6.07) is 19.6. The first-order chi connectivity index (χ1) is 14.4. The number of amides is 2. The number of nitrogens with one attached hydrogen (secondary N) is 2. The van der Waals surface area contributed by atoms with Crippen molar-refractivity contribution in [3.8, 4) is 11.1 Å². The highest BCUT2D eigenvalue weighted by molar-refractivity contribution is 7.97. The van der Waals surface area contributed by atoms with E-state index in [1.54, 1.807) is 45.3 Å². The third kappa shape index (κ3) is 5.06. The Balaban J connectivity index is 1.83. The van der Waals surface area contributed by atoms with Gasteiger partial charge in [-0.3, -0.25) is 15.0 Å². The fourth-order valence-electron chi connectivity index (χ4n) is 2.88. The Labute approximate surface area is 179 Å². The van der Waals surface area contributed by atoms with E-state index in [0.29, 0.717) is 16.7 Å². The number of halogens is 1. The van der Waals surface area contributed by atoms with Crippen LogP contribution in [0.4, 0.5) is 4.39 Å². The summed E-state index contributed by atoms with van der Waals surface area (Å²) < 4.78 is 14.7. The van der Waals surface area contributed by atoms with Gasteiger partial charge in [0.15, 0.2) is 0 Å². The maximum atomic E-state index is 14.7. The van der Waals surface area contributed by atoms with Crippen molar-refractivity contribution in [2.45, 2.75) is 11.8 Å². The van der Waals surface area contributed by atoms with E-state index in [-0.39, 0.29) is 11.5 Å². The number of carbonyl (C=O) groups excluding carboxylic acids is 2. The molecule has 30 heavy (non-hydrogen) atoms. The van der Waals surface area contributed by atoms with Crippen LogP contribution in [0.5, 0.6) is 0 Å². The van der Waals surface area contributed by atoms with Crippen LogP contribution < -0.4 is 10.3 Å². The molecule has 5 nitrogen and oxygen atoms in total. The molecule has 154 valence electrons. The second kappa shape index (κ2) is 9.56. The fourth-order valence-corrected chi connectivity index (χ4v) is 3.43. The van der Waals surface area contributed by atoms with Gasteiger partial charge in [-0.05, 0) is 72.0 Å². The Bertz CT molecular complexity index is 1070. The fraction of sp³-hybridized carbons (Fsp3) is 0.130. The lowest BCUT2D eigenvalue weighted by Gasteiger charge is -2.13. The van der Waals surface area contributed by atoms with Crippen LogP contribution in [0.3, 0.4) is 0 Å². The van der Waals surface area contributed by atoms with Gasteiger partial charge in [0.25, 0.3) is 11.8 Å². The summed E-state index contributed by atoms with van der Waals surface area (Å²) in [5, 5.41) is 0. The predicted molar refractivity (Wildman–Crippen MR) is 117 cm³/mol. The average molecular weight is 424 g/mol. The molecule has 3 aromatic rings. The number of benzene rings is 3. The molecule has 0 heterocycles. The highest BCUT2D eigenvalue weighted by Crippen LogP contribution is 2.26. The third-order valence-corrected chi connectivity index (χ3v) is 5.14. The molecular formula is C23H22FN3O2S. The Kier molecular flexibility index (Phi) is 6.87. The molecule has 0 radical (unpaired) electrons. The van der Waals surface area contributed by atoms with E-state index in [2.05, 4.69) is 10.3 Å². The van der Waals surface area contributed by atoms with Gasteiger partial charge < -0.3 is 4.90 Å². The smallest absolute Gasteiger partial charge is 0.269 e. The standard InChI is InChI=1S/C23H22FN3O2S/c1-15-12-18(16-8-7-9-17(13-16)23(29)27(2)3)14-20(21(15)24)22(28)25-26-30-19-10-5-4-6-11-19/h4-14,26H,1-3H3,(H,25,28). The highest BCUT2D eigenvalue weighted by atomic mass is 32.2. The van der Waals surface area contributed by atoms with Gasteiger partial charge in [0.1, 0.15) is 5.82 Å². The topological polar surface area (TPSA) is 61.4 Å². The highest BCUT2D eigenvalue weighted by Gasteiger charge is 2.17. The Morgan fingerprint density at radius 3 is 2.37 bits per heavy atom. The van der Waals surface area contributed by atoms with Gasteiger partial charge in [-0.15, -0.1) is 0 Å². The van der Waals surface area contributed by atoms with Crippen LogP contribution in [0, 0.1) is 12.7 Å². The summed E-state index contributed by atoms with van der Waals surface area (Å²) in [4.78, 5) is 30.0. The molecule has 0 aliphatic rings. The van der Waals surface area contributed by atoms with Crippen LogP contribution in [0.15, 0.2) is 71.6 Å². The molecule has 0 aliphatic heterocycles. The second-order valence-electron chi connectivity index (χ2n) is 6.91. The van der Waals surface area contributed by atoms with Crippen molar-refractivity contribution < 1.29 is 14.0 Å². The van der Waals surface area contributed by atoms with E-state index >= 15 is 0 Å². The van der Waals surface area contributed by atoms with Crippen molar-refractivity contribution in [2.24, 2.45) is 0 Å². The van der Waals surface area contributed by atoms with Gasteiger partial charge in [-0.2, -0.15) is 4.83 Å². The lowest BCUT2D eigenvalue weighted by atomic mass is 9.97. The molecule has 0 unspecified atom stereocenters. The van der Waals surface area contributed by atoms with Gasteiger partial charge in [-0.25, -0.2) is 4.39 Å². The summed E-state index contributed by atoms with van der Waals surface area (Å²) in [7, 11) is 3.36. The van der Waals surface area contributed by atoms with Crippen molar-refractivity contribution in [2.75, 3.05) is 14.1 Å². The first-order valence-corrected chi connectivity index (χ1v) is 10.1. The molecule has 3 rings (SSSR count). The molecule has 7 heteroatoms. The average Bonchev–Trinajstić information content (AvgIpc) is 2.75. The molecule has 2 amide bonds. The molecule has 0 atom stereocenters. The molecule has 0 aromatic heterocycles. The van der Waals surface area contributed by atoms with Crippen molar-refractivity contribution >= 4 is 23.8 Å². The van der Waals surface area contributed by atoms with Crippen LogP contribution in [0.2, 0.25) is 0 Å². The Morgan fingerprint density at radius 2 is 1.67 bits per heavy atom. The largest absolute Gasteiger partial charge is 0.345 e.